The molecule has 2 atom stereocenters. The summed E-state index contributed by atoms with van der Waals surface area (Å²) in [7, 11) is 5.72. The number of methoxy groups -OCH3 is 1. The number of likely N-dealkylation sites (N-methyl/N-ethyl adjacent to an activating group) is 1. The minimum Gasteiger partial charge on any atom is -0.497 e. The van der Waals surface area contributed by atoms with E-state index in [2.05, 4.69) is 21.6 Å². The van der Waals surface area contributed by atoms with E-state index in [-0.39, 0.29) is 36.8 Å². The van der Waals surface area contributed by atoms with E-state index in [9.17, 15) is 4.79 Å². The molecule has 0 saturated carbocycles. The number of hydrogen-bond donors (Lipinski definition) is 2. The number of hydrogen-bond acceptors (Lipinski definition) is 4. The van der Waals surface area contributed by atoms with Crippen molar-refractivity contribution in [2.75, 3.05) is 34.3 Å². The van der Waals surface area contributed by atoms with Crippen molar-refractivity contribution in [3.8, 4) is 5.75 Å². The van der Waals surface area contributed by atoms with E-state index < -0.39 is 0 Å². The van der Waals surface area contributed by atoms with Crippen LogP contribution in [0.5, 0.6) is 5.75 Å². The van der Waals surface area contributed by atoms with Crippen molar-refractivity contribution >= 4 is 30.7 Å². The normalized spacial score (nSPS) is 17.4. The Kier molecular flexibility index (Phi) is 11.9. The van der Waals surface area contributed by atoms with Gasteiger partial charge in [0.25, 0.3) is 0 Å². The number of benzene rings is 1. The maximum atomic E-state index is 12.1. The zero-order chi connectivity index (χ0) is 16.7. The summed E-state index contributed by atoms with van der Waals surface area (Å²) in [6.45, 7) is 1.70. The molecule has 7 heteroatoms. The van der Waals surface area contributed by atoms with Crippen LogP contribution >= 0.6 is 24.8 Å². The molecule has 0 spiro atoms. The van der Waals surface area contributed by atoms with Gasteiger partial charge in [0, 0.05) is 19.0 Å². The zero-order valence-corrected chi connectivity index (χ0v) is 16.9. The molecule has 1 aliphatic rings. The maximum Gasteiger partial charge on any atom is 0.220 e. The predicted octanol–water partition coefficient (Wildman–Crippen LogP) is 2.79. The molecule has 2 rings (SSSR count). The van der Waals surface area contributed by atoms with E-state index in [1.54, 1.807) is 7.11 Å². The van der Waals surface area contributed by atoms with Crippen LogP contribution in [-0.4, -0.2) is 51.1 Å². The van der Waals surface area contributed by atoms with Crippen LogP contribution in [0.2, 0.25) is 0 Å². The van der Waals surface area contributed by atoms with Crippen LogP contribution < -0.4 is 15.4 Å². The topological polar surface area (TPSA) is 53.6 Å². The van der Waals surface area contributed by atoms with Gasteiger partial charge in [0.2, 0.25) is 5.91 Å². The number of nitrogens with one attached hydrogen (secondary N) is 2. The Morgan fingerprint density at radius 3 is 2.76 bits per heavy atom. The smallest absolute Gasteiger partial charge is 0.220 e. The van der Waals surface area contributed by atoms with E-state index in [1.165, 1.54) is 12.8 Å². The lowest BCUT2D eigenvalue weighted by molar-refractivity contribution is -0.121. The summed E-state index contributed by atoms with van der Waals surface area (Å²) in [5.74, 6) is 0.974. The van der Waals surface area contributed by atoms with Crippen LogP contribution in [0.15, 0.2) is 24.3 Å². The van der Waals surface area contributed by atoms with Crippen LogP contribution in [0.25, 0.3) is 0 Å². The first-order chi connectivity index (χ1) is 11.1. The van der Waals surface area contributed by atoms with Crippen molar-refractivity contribution in [1.82, 2.24) is 15.5 Å². The van der Waals surface area contributed by atoms with Crippen molar-refractivity contribution in [3.05, 3.63) is 29.8 Å². The first-order valence-corrected chi connectivity index (χ1v) is 8.40. The molecule has 2 unspecified atom stereocenters. The third kappa shape index (κ3) is 7.82. The lowest BCUT2D eigenvalue weighted by Crippen LogP contribution is -2.35. The van der Waals surface area contributed by atoms with Crippen LogP contribution in [0.4, 0.5) is 0 Å². The number of rotatable bonds is 8. The molecule has 0 radical (unpaired) electrons. The molecule has 1 aromatic rings. The molecule has 0 bridgehead atoms. The number of halogens is 2. The van der Waals surface area contributed by atoms with E-state index in [4.69, 9.17) is 4.74 Å². The molecule has 25 heavy (non-hydrogen) atoms. The average molecular weight is 392 g/mol. The molecule has 1 fully saturated rings. The molecular weight excluding hydrogens is 361 g/mol. The monoisotopic (exact) mass is 391 g/mol. The highest BCUT2D eigenvalue weighted by Gasteiger charge is 2.18. The molecule has 2 N–H and O–H groups in total. The van der Waals surface area contributed by atoms with Crippen molar-refractivity contribution in [1.29, 1.82) is 0 Å². The first-order valence-electron chi connectivity index (χ1n) is 8.40. The van der Waals surface area contributed by atoms with Gasteiger partial charge in [0.1, 0.15) is 5.75 Å². The highest BCUT2D eigenvalue weighted by Crippen LogP contribution is 2.22. The molecule has 1 aliphatic heterocycles. The maximum absolute atomic E-state index is 12.1. The summed E-state index contributed by atoms with van der Waals surface area (Å²) in [5, 5.41) is 6.51. The molecule has 5 nitrogen and oxygen atoms in total. The van der Waals surface area contributed by atoms with Gasteiger partial charge < -0.3 is 20.3 Å². The summed E-state index contributed by atoms with van der Waals surface area (Å²) < 4.78 is 5.29. The van der Waals surface area contributed by atoms with Gasteiger partial charge in [-0.25, -0.2) is 0 Å². The standard InChI is InChI=1S/C18H29N3O2.2ClH/c1-21(2)17(14-6-4-8-16(12-14)23-3)13-20-18(22)10-9-15-7-5-11-19-15;;/h4,6,8,12,15,17,19H,5,7,9-11,13H2,1-3H3,(H,20,22);2*1H. The fourth-order valence-corrected chi connectivity index (χ4v) is 3.05. The number of nitrogens with zero attached hydrogens (tertiary/aromatic N) is 1. The molecule has 144 valence electrons. The fraction of sp³-hybridized carbons (Fsp3) is 0.611. The Bertz CT molecular complexity index is 509. The Hall–Kier alpha value is -1.01. The molecular formula is C18H31Cl2N3O2. The summed E-state index contributed by atoms with van der Waals surface area (Å²) in [4.78, 5) is 14.2. The van der Waals surface area contributed by atoms with Crippen LogP contribution in [0.1, 0.15) is 37.3 Å². The third-order valence-corrected chi connectivity index (χ3v) is 4.48. The first kappa shape index (κ1) is 24.0. The Labute approximate surface area is 163 Å². The van der Waals surface area contributed by atoms with E-state index in [0.29, 0.717) is 19.0 Å². The van der Waals surface area contributed by atoms with Crippen molar-refractivity contribution in [2.24, 2.45) is 0 Å². The number of carbonyl (C=O) groups excluding carboxylic acids is 1. The zero-order valence-electron chi connectivity index (χ0n) is 15.3. The average Bonchev–Trinajstić information content (AvgIpc) is 3.06. The number of carbonyl (C=O) groups is 1. The fourth-order valence-electron chi connectivity index (χ4n) is 3.05. The summed E-state index contributed by atoms with van der Waals surface area (Å²) in [6.07, 6.45) is 3.94. The summed E-state index contributed by atoms with van der Waals surface area (Å²) in [5.41, 5.74) is 1.15. The third-order valence-electron chi connectivity index (χ3n) is 4.48. The highest BCUT2D eigenvalue weighted by molar-refractivity contribution is 5.85. The van der Waals surface area contributed by atoms with Gasteiger partial charge in [0.15, 0.2) is 0 Å². The van der Waals surface area contributed by atoms with Crippen LogP contribution in [0, 0.1) is 0 Å². The minimum absolute atomic E-state index is 0. The molecule has 1 aromatic carbocycles. The van der Waals surface area contributed by atoms with Gasteiger partial charge >= 0.3 is 0 Å². The second-order valence-electron chi connectivity index (χ2n) is 6.39. The van der Waals surface area contributed by atoms with Crippen LogP contribution in [-0.2, 0) is 4.79 Å². The van der Waals surface area contributed by atoms with Crippen molar-refractivity contribution < 1.29 is 9.53 Å². The minimum atomic E-state index is 0. The summed E-state index contributed by atoms with van der Waals surface area (Å²) in [6, 6.07) is 8.67. The molecule has 1 saturated heterocycles. The predicted molar refractivity (Wildman–Crippen MR) is 107 cm³/mol. The number of ether oxygens (including phenoxy) is 1. The molecule has 0 aromatic heterocycles. The van der Waals surface area contributed by atoms with Crippen molar-refractivity contribution in [3.63, 3.8) is 0 Å². The molecule has 1 amide bonds. The van der Waals surface area contributed by atoms with Gasteiger partial charge in [-0.3, -0.25) is 4.79 Å². The second kappa shape index (κ2) is 12.4. The van der Waals surface area contributed by atoms with E-state index in [1.807, 2.05) is 32.3 Å². The molecule has 1 heterocycles. The summed E-state index contributed by atoms with van der Waals surface area (Å²) >= 11 is 0. The van der Waals surface area contributed by atoms with Gasteiger partial charge in [-0.05, 0) is 57.6 Å². The largest absolute Gasteiger partial charge is 0.497 e. The van der Waals surface area contributed by atoms with Gasteiger partial charge in [-0.2, -0.15) is 0 Å². The van der Waals surface area contributed by atoms with E-state index >= 15 is 0 Å². The lowest BCUT2D eigenvalue weighted by Gasteiger charge is -2.25. The van der Waals surface area contributed by atoms with Gasteiger partial charge in [-0.1, -0.05) is 12.1 Å². The van der Waals surface area contributed by atoms with Gasteiger partial charge in [-0.15, -0.1) is 24.8 Å². The molecule has 0 aliphatic carbocycles. The van der Waals surface area contributed by atoms with Crippen LogP contribution in [0.3, 0.4) is 0 Å². The second-order valence-corrected chi connectivity index (χ2v) is 6.39. The van der Waals surface area contributed by atoms with Gasteiger partial charge in [0.05, 0.1) is 13.2 Å². The lowest BCUT2D eigenvalue weighted by atomic mass is 10.1. The highest BCUT2D eigenvalue weighted by atomic mass is 35.5. The Morgan fingerprint density at radius 1 is 1.40 bits per heavy atom. The Balaban J connectivity index is 0.00000288. The van der Waals surface area contributed by atoms with Crippen molar-refractivity contribution in [2.45, 2.75) is 37.8 Å². The van der Waals surface area contributed by atoms with E-state index in [0.717, 1.165) is 24.3 Å². The Morgan fingerprint density at radius 2 is 2.16 bits per heavy atom. The SMILES string of the molecule is COc1cccc(C(CNC(=O)CCC2CCCN2)N(C)C)c1.Cl.Cl. The quantitative estimate of drug-likeness (QED) is 0.715. The number of amides is 1.